The van der Waals surface area contributed by atoms with Crippen LogP contribution >= 0.6 is 0 Å². The Balaban J connectivity index is 2.74. The fraction of sp³-hybridized carbons (Fsp3) is 0.692. The van der Waals surface area contributed by atoms with Crippen molar-refractivity contribution < 1.29 is 4.79 Å². The molecule has 4 nitrogen and oxygen atoms in total. The van der Waals surface area contributed by atoms with Crippen molar-refractivity contribution in [3.8, 4) is 0 Å². The second-order valence-electron chi connectivity index (χ2n) is 5.12. The Morgan fingerprint density at radius 3 is 2.41 bits per heavy atom. The molecule has 1 aromatic heterocycles. The number of hydrogen-bond acceptors (Lipinski definition) is 2. The smallest absolute Gasteiger partial charge is 0.222 e. The minimum absolute atomic E-state index is 0.197. The van der Waals surface area contributed by atoms with Crippen molar-refractivity contribution >= 4 is 5.91 Å². The maximum atomic E-state index is 11.9. The molecule has 0 aliphatic rings. The third kappa shape index (κ3) is 3.32. The molecule has 1 heterocycles. The van der Waals surface area contributed by atoms with Crippen LogP contribution in [0.15, 0.2) is 0 Å². The van der Waals surface area contributed by atoms with Crippen LogP contribution in [0.1, 0.15) is 37.2 Å². The van der Waals surface area contributed by atoms with Gasteiger partial charge in [0.1, 0.15) is 0 Å². The van der Waals surface area contributed by atoms with Crippen LogP contribution in [0.2, 0.25) is 0 Å². The zero-order valence-electron chi connectivity index (χ0n) is 11.7. The quantitative estimate of drug-likeness (QED) is 0.803. The molecule has 1 amide bonds. The van der Waals surface area contributed by atoms with E-state index in [1.54, 1.807) is 4.90 Å². The number of amides is 1. The van der Waals surface area contributed by atoms with Crippen LogP contribution < -0.4 is 0 Å². The van der Waals surface area contributed by atoms with E-state index in [4.69, 9.17) is 0 Å². The molecule has 0 aliphatic heterocycles. The van der Waals surface area contributed by atoms with Crippen LogP contribution in [0, 0.1) is 19.8 Å². The maximum Gasteiger partial charge on any atom is 0.222 e. The molecule has 0 aromatic carbocycles. The average Bonchev–Trinajstić information content (AvgIpc) is 2.44. The van der Waals surface area contributed by atoms with E-state index < -0.39 is 0 Å². The molecule has 1 rings (SSSR count). The van der Waals surface area contributed by atoms with Crippen molar-refractivity contribution in [2.45, 2.75) is 40.7 Å². The number of aromatic nitrogens is 2. The van der Waals surface area contributed by atoms with Gasteiger partial charge in [0.2, 0.25) is 5.91 Å². The Hall–Kier alpha value is -1.32. The summed E-state index contributed by atoms with van der Waals surface area (Å²) < 4.78 is 1.87. The van der Waals surface area contributed by atoms with Crippen molar-refractivity contribution in [2.75, 3.05) is 7.05 Å². The molecule has 1 aromatic rings. The highest BCUT2D eigenvalue weighted by molar-refractivity contribution is 5.76. The van der Waals surface area contributed by atoms with Crippen LogP contribution in [0.4, 0.5) is 0 Å². The number of carbonyl (C=O) groups is 1. The summed E-state index contributed by atoms with van der Waals surface area (Å²) >= 11 is 0. The monoisotopic (exact) mass is 237 g/mol. The fourth-order valence-electron chi connectivity index (χ4n) is 1.88. The Morgan fingerprint density at radius 2 is 2.00 bits per heavy atom. The molecule has 0 spiro atoms. The molecule has 0 fully saturated rings. The van der Waals surface area contributed by atoms with E-state index in [1.165, 1.54) is 0 Å². The average molecular weight is 237 g/mol. The van der Waals surface area contributed by atoms with Crippen LogP contribution in [0.5, 0.6) is 0 Å². The second kappa shape index (κ2) is 5.34. The van der Waals surface area contributed by atoms with E-state index in [2.05, 4.69) is 18.9 Å². The van der Waals surface area contributed by atoms with E-state index in [-0.39, 0.29) is 5.91 Å². The standard InChI is InChI=1S/C13H23N3O/c1-9(2)7-13(17)15(5)8-12-10(3)14-16(6)11(12)4/h9H,7-8H2,1-6H3. The van der Waals surface area contributed by atoms with E-state index in [1.807, 2.05) is 32.6 Å². The van der Waals surface area contributed by atoms with Crippen molar-refractivity contribution in [1.82, 2.24) is 14.7 Å². The largest absolute Gasteiger partial charge is 0.341 e. The van der Waals surface area contributed by atoms with Crippen molar-refractivity contribution in [3.05, 3.63) is 17.0 Å². The Morgan fingerprint density at radius 1 is 1.41 bits per heavy atom. The second-order valence-corrected chi connectivity index (χ2v) is 5.12. The lowest BCUT2D eigenvalue weighted by molar-refractivity contribution is -0.131. The van der Waals surface area contributed by atoms with Gasteiger partial charge in [-0.1, -0.05) is 13.8 Å². The lowest BCUT2D eigenvalue weighted by Gasteiger charge is -2.18. The zero-order valence-corrected chi connectivity index (χ0v) is 11.7. The van der Waals surface area contributed by atoms with Crippen LogP contribution in [-0.4, -0.2) is 27.6 Å². The molecular formula is C13H23N3O. The lowest BCUT2D eigenvalue weighted by atomic mass is 10.1. The minimum Gasteiger partial charge on any atom is -0.341 e. The number of rotatable bonds is 4. The van der Waals surface area contributed by atoms with Gasteiger partial charge < -0.3 is 4.90 Å². The van der Waals surface area contributed by atoms with E-state index in [0.717, 1.165) is 17.0 Å². The molecule has 0 N–H and O–H groups in total. The molecule has 0 saturated heterocycles. The van der Waals surface area contributed by atoms with Gasteiger partial charge in [0.25, 0.3) is 0 Å². The summed E-state index contributed by atoms with van der Waals surface area (Å²) in [6.07, 6.45) is 0.606. The fourth-order valence-corrected chi connectivity index (χ4v) is 1.88. The SMILES string of the molecule is Cc1nn(C)c(C)c1CN(C)C(=O)CC(C)C. The number of carbonyl (C=O) groups excluding carboxylic acids is 1. The number of hydrogen-bond donors (Lipinski definition) is 0. The first-order valence-corrected chi connectivity index (χ1v) is 6.06. The Labute approximate surface area is 104 Å². The highest BCUT2D eigenvalue weighted by Gasteiger charge is 2.15. The van der Waals surface area contributed by atoms with Gasteiger partial charge in [-0.05, 0) is 19.8 Å². The lowest BCUT2D eigenvalue weighted by Crippen LogP contribution is -2.27. The van der Waals surface area contributed by atoms with Gasteiger partial charge in [-0.2, -0.15) is 5.10 Å². The summed E-state index contributed by atoms with van der Waals surface area (Å²) in [5, 5.41) is 4.36. The molecule has 0 bridgehead atoms. The highest BCUT2D eigenvalue weighted by Crippen LogP contribution is 2.15. The molecular weight excluding hydrogens is 214 g/mol. The first kappa shape index (κ1) is 13.7. The Bertz CT molecular complexity index is 407. The van der Waals surface area contributed by atoms with Crippen LogP contribution in [-0.2, 0) is 18.4 Å². The Kier molecular flexibility index (Phi) is 4.32. The summed E-state index contributed by atoms with van der Waals surface area (Å²) in [7, 11) is 3.79. The summed E-state index contributed by atoms with van der Waals surface area (Å²) in [5.74, 6) is 0.601. The predicted octanol–water partition coefficient (Wildman–Crippen LogP) is 2.04. The molecule has 4 heteroatoms. The van der Waals surface area contributed by atoms with Crippen molar-refractivity contribution in [1.29, 1.82) is 0 Å². The van der Waals surface area contributed by atoms with Gasteiger partial charge >= 0.3 is 0 Å². The van der Waals surface area contributed by atoms with Gasteiger partial charge in [0, 0.05) is 38.3 Å². The van der Waals surface area contributed by atoms with Gasteiger partial charge in [0.15, 0.2) is 0 Å². The third-order valence-corrected chi connectivity index (χ3v) is 3.06. The molecule has 96 valence electrons. The molecule has 0 aliphatic carbocycles. The van der Waals surface area contributed by atoms with Crippen molar-refractivity contribution in [2.24, 2.45) is 13.0 Å². The highest BCUT2D eigenvalue weighted by atomic mass is 16.2. The number of aryl methyl sites for hydroxylation is 2. The van der Waals surface area contributed by atoms with Gasteiger partial charge in [-0.25, -0.2) is 0 Å². The summed E-state index contributed by atoms with van der Waals surface area (Å²) in [4.78, 5) is 13.7. The molecule has 0 unspecified atom stereocenters. The normalized spacial score (nSPS) is 11.0. The first-order chi connectivity index (χ1) is 7.82. The van der Waals surface area contributed by atoms with Gasteiger partial charge in [-0.3, -0.25) is 9.48 Å². The van der Waals surface area contributed by atoms with Gasteiger partial charge in [-0.15, -0.1) is 0 Å². The van der Waals surface area contributed by atoms with Crippen LogP contribution in [0.25, 0.3) is 0 Å². The number of nitrogens with zero attached hydrogens (tertiary/aromatic N) is 3. The van der Waals surface area contributed by atoms with Gasteiger partial charge in [0.05, 0.1) is 5.69 Å². The molecule has 0 radical (unpaired) electrons. The summed E-state index contributed by atoms with van der Waals surface area (Å²) in [5.41, 5.74) is 3.30. The minimum atomic E-state index is 0.197. The third-order valence-electron chi connectivity index (χ3n) is 3.06. The van der Waals surface area contributed by atoms with E-state index in [0.29, 0.717) is 18.9 Å². The zero-order chi connectivity index (χ0) is 13.2. The summed E-state index contributed by atoms with van der Waals surface area (Å²) in [6, 6.07) is 0. The summed E-state index contributed by atoms with van der Waals surface area (Å²) in [6.45, 7) is 8.80. The molecule has 0 atom stereocenters. The van der Waals surface area contributed by atoms with Crippen LogP contribution in [0.3, 0.4) is 0 Å². The van der Waals surface area contributed by atoms with E-state index in [9.17, 15) is 4.79 Å². The maximum absolute atomic E-state index is 11.9. The predicted molar refractivity (Wildman–Crippen MR) is 68.6 cm³/mol. The topological polar surface area (TPSA) is 38.1 Å². The first-order valence-electron chi connectivity index (χ1n) is 6.06. The van der Waals surface area contributed by atoms with Crippen molar-refractivity contribution in [3.63, 3.8) is 0 Å². The molecule has 0 saturated carbocycles. The van der Waals surface area contributed by atoms with E-state index >= 15 is 0 Å². The molecule has 17 heavy (non-hydrogen) atoms.